The summed E-state index contributed by atoms with van der Waals surface area (Å²) in [5.74, 6) is 0. The number of hydrogen-bond donors (Lipinski definition) is 0. The molecule has 0 aromatic heterocycles. The molecule has 0 aliphatic heterocycles. The van der Waals surface area contributed by atoms with E-state index >= 15 is 0 Å². The summed E-state index contributed by atoms with van der Waals surface area (Å²) >= 11 is 0. The van der Waals surface area contributed by atoms with Crippen LogP contribution < -0.4 is 0 Å². The second-order valence-electron chi connectivity index (χ2n) is 3.56. The van der Waals surface area contributed by atoms with Crippen LogP contribution in [-0.4, -0.2) is 13.7 Å². The summed E-state index contributed by atoms with van der Waals surface area (Å²) in [6.07, 6.45) is 0. The second kappa shape index (κ2) is 4.03. The van der Waals surface area contributed by atoms with Gasteiger partial charge in [-0.15, -0.1) is 0 Å². The van der Waals surface area contributed by atoms with E-state index in [9.17, 15) is 8.42 Å². The van der Waals surface area contributed by atoms with E-state index in [2.05, 4.69) is 0 Å². The molecule has 1 aromatic carbocycles. The first-order valence-corrected chi connectivity index (χ1v) is 6.15. The third-order valence-electron chi connectivity index (χ3n) is 2.45. The molecule has 0 radical (unpaired) electrons. The van der Waals surface area contributed by atoms with E-state index in [1.54, 1.807) is 24.3 Å². The summed E-state index contributed by atoms with van der Waals surface area (Å²) in [6.45, 7) is 5.16. The lowest BCUT2D eigenvalue weighted by Gasteiger charge is -2.07. The molecular formula is C11H13NO2S. The van der Waals surface area contributed by atoms with Gasteiger partial charge in [-0.2, -0.15) is 5.26 Å². The molecule has 0 saturated heterocycles. The third-order valence-corrected chi connectivity index (χ3v) is 4.40. The summed E-state index contributed by atoms with van der Waals surface area (Å²) in [4.78, 5) is 0.222. The van der Waals surface area contributed by atoms with E-state index in [0.29, 0.717) is 0 Å². The quantitative estimate of drug-likeness (QED) is 0.770. The van der Waals surface area contributed by atoms with Crippen LogP contribution in [0.1, 0.15) is 18.1 Å². The van der Waals surface area contributed by atoms with Crippen LogP contribution in [0.25, 0.3) is 0 Å². The Morgan fingerprint density at radius 1 is 1.27 bits per heavy atom. The number of sulfone groups is 1. The maximum Gasteiger partial charge on any atom is 0.194 e. The molecule has 80 valence electrons. The first-order chi connectivity index (χ1) is 6.89. The standard InChI is InChI=1S/C11H13NO2S/c1-8-4-5-11(6-9(8)2)15(13,14)10(3)7-12/h4-6,10H,1-3H3. The summed E-state index contributed by atoms with van der Waals surface area (Å²) in [5.41, 5.74) is 1.96. The Balaban J connectivity index is 3.30. The molecule has 0 spiro atoms. The lowest BCUT2D eigenvalue weighted by molar-refractivity contribution is 0.592. The van der Waals surface area contributed by atoms with E-state index in [1.807, 2.05) is 13.8 Å². The van der Waals surface area contributed by atoms with E-state index in [1.165, 1.54) is 6.92 Å². The van der Waals surface area contributed by atoms with Gasteiger partial charge < -0.3 is 0 Å². The van der Waals surface area contributed by atoms with Crippen molar-refractivity contribution in [2.75, 3.05) is 0 Å². The summed E-state index contributed by atoms with van der Waals surface area (Å²) < 4.78 is 23.6. The highest BCUT2D eigenvalue weighted by Gasteiger charge is 2.22. The van der Waals surface area contributed by atoms with E-state index in [4.69, 9.17) is 5.26 Å². The van der Waals surface area contributed by atoms with Crippen molar-refractivity contribution in [1.82, 2.24) is 0 Å². The van der Waals surface area contributed by atoms with Crippen LogP contribution in [0.2, 0.25) is 0 Å². The minimum atomic E-state index is -3.49. The molecular weight excluding hydrogens is 210 g/mol. The van der Waals surface area contributed by atoms with Crippen LogP contribution in [0.5, 0.6) is 0 Å². The number of nitrogens with zero attached hydrogens (tertiary/aromatic N) is 1. The highest BCUT2D eigenvalue weighted by atomic mass is 32.2. The van der Waals surface area contributed by atoms with Crippen molar-refractivity contribution < 1.29 is 8.42 Å². The monoisotopic (exact) mass is 223 g/mol. The average molecular weight is 223 g/mol. The average Bonchev–Trinajstić information content (AvgIpc) is 2.20. The van der Waals surface area contributed by atoms with Crippen molar-refractivity contribution >= 4 is 9.84 Å². The van der Waals surface area contributed by atoms with Gasteiger partial charge in [-0.1, -0.05) is 6.07 Å². The first-order valence-electron chi connectivity index (χ1n) is 4.60. The van der Waals surface area contributed by atoms with Gasteiger partial charge in [0, 0.05) is 0 Å². The highest BCUT2D eigenvalue weighted by molar-refractivity contribution is 7.92. The zero-order valence-electron chi connectivity index (χ0n) is 8.98. The fraction of sp³-hybridized carbons (Fsp3) is 0.364. The fourth-order valence-electron chi connectivity index (χ4n) is 1.16. The summed E-state index contributed by atoms with van der Waals surface area (Å²) in [5, 5.41) is 7.63. The van der Waals surface area contributed by atoms with Crippen LogP contribution in [0.4, 0.5) is 0 Å². The van der Waals surface area contributed by atoms with Gasteiger partial charge in [-0.25, -0.2) is 8.42 Å². The van der Waals surface area contributed by atoms with Crippen LogP contribution >= 0.6 is 0 Å². The Hall–Kier alpha value is -1.34. The first kappa shape index (κ1) is 11.7. The molecule has 0 saturated carbocycles. The summed E-state index contributed by atoms with van der Waals surface area (Å²) in [6, 6.07) is 6.66. The van der Waals surface area contributed by atoms with Crippen LogP contribution in [0, 0.1) is 25.2 Å². The number of benzene rings is 1. The molecule has 4 heteroatoms. The molecule has 0 N–H and O–H groups in total. The topological polar surface area (TPSA) is 57.9 Å². The smallest absolute Gasteiger partial charge is 0.194 e. The fourth-order valence-corrected chi connectivity index (χ4v) is 2.31. The SMILES string of the molecule is Cc1ccc(S(=O)(=O)C(C)C#N)cc1C. The normalized spacial score (nSPS) is 13.2. The molecule has 0 aliphatic rings. The Labute approximate surface area is 90.3 Å². The largest absolute Gasteiger partial charge is 0.222 e. The van der Waals surface area contributed by atoms with E-state index in [-0.39, 0.29) is 4.90 Å². The van der Waals surface area contributed by atoms with Crippen molar-refractivity contribution in [3.63, 3.8) is 0 Å². The predicted octanol–water partition coefficient (Wildman–Crippen LogP) is 1.99. The van der Waals surface area contributed by atoms with Gasteiger partial charge in [0.25, 0.3) is 0 Å². The van der Waals surface area contributed by atoms with Gasteiger partial charge in [0.05, 0.1) is 11.0 Å². The van der Waals surface area contributed by atoms with Crippen molar-refractivity contribution in [2.24, 2.45) is 0 Å². The van der Waals surface area contributed by atoms with Gasteiger partial charge in [-0.3, -0.25) is 0 Å². The lowest BCUT2D eigenvalue weighted by atomic mass is 10.1. The minimum absolute atomic E-state index is 0.222. The zero-order chi connectivity index (χ0) is 11.6. The van der Waals surface area contributed by atoms with Gasteiger partial charge in [0.1, 0.15) is 5.25 Å². The van der Waals surface area contributed by atoms with Crippen molar-refractivity contribution in [3.05, 3.63) is 29.3 Å². The molecule has 0 amide bonds. The molecule has 1 aromatic rings. The molecule has 0 heterocycles. The highest BCUT2D eigenvalue weighted by Crippen LogP contribution is 2.18. The van der Waals surface area contributed by atoms with Crippen LogP contribution in [0.3, 0.4) is 0 Å². The van der Waals surface area contributed by atoms with Gasteiger partial charge >= 0.3 is 0 Å². The van der Waals surface area contributed by atoms with Gasteiger partial charge in [-0.05, 0) is 44.0 Å². The maximum absolute atomic E-state index is 11.8. The van der Waals surface area contributed by atoms with Crippen molar-refractivity contribution in [1.29, 1.82) is 5.26 Å². The Morgan fingerprint density at radius 2 is 1.87 bits per heavy atom. The van der Waals surface area contributed by atoms with E-state index in [0.717, 1.165) is 11.1 Å². The molecule has 0 aliphatic carbocycles. The Kier molecular flexibility index (Phi) is 3.15. The molecule has 0 bridgehead atoms. The van der Waals surface area contributed by atoms with Crippen LogP contribution in [-0.2, 0) is 9.84 Å². The van der Waals surface area contributed by atoms with Crippen LogP contribution in [0.15, 0.2) is 23.1 Å². The molecule has 1 rings (SSSR count). The van der Waals surface area contributed by atoms with Crippen molar-refractivity contribution in [3.8, 4) is 6.07 Å². The maximum atomic E-state index is 11.8. The Bertz CT molecular complexity index is 512. The molecule has 15 heavy (non-hydrogen) atoms. The molecule has 1 atom stereocenters. The second-order valence-corrected chi connectivity index (χ2v) is 5.83. The van der Waals surface area contributed by atoms with Crippen molar-refractivity contribution in [2.45, 2.75) is 30.9 Å². The Morgan fingerprint density at radius 3 is 2.33 bits per heavy atom. The predicted molar refractivity (Wildman–Crippen MR) is 58.2 cm³/mol. The number of hydrogen-bond acceptors (Lipinski definition) is 3. The molecule has 3 nitrogen and oxygen atoms in total. The van der Waals surface area contributed by atoms with Gasteiger partial charge in [0.15, 0.2) is 9.84 Å². The van der Waals surface area contributed by atoms with Gasteiger partial charge in [0.2, 0.25) is 0 Å². The molecule has 0 fully saturated rings. The number of rotatable bonds is 2. The number of nitriles is 1. The number of aryl methyl sites for hydroxylation is 2. The van der Waals surface area contributed by atoms with E-state index < -0.39 is 15.1 Å². The zero-order valence-corrected chi connectivity index (χ0v) is 9.80. The summed E-state index contributed by atoms with van der Waals surface area (Å²) in [7, 11) is -3.49. The third kappa shape index (κ3) is 2.18. The minimum Gasteiger partial charge on any atom is -0.222 e. The molecule has 1 unspecified atom stereocenters. The lowest BCUT2D eigenvalue weighted by Crippen LogP contribution is -2.15.